The van der Waals surface area contributed by atoms with Crippen molar-refractivity contribution in [3.63, 3.8) is 0 Å². The topological polar surface area (TPSA) is 78.8 Å². The van der Waals surface area contributed by atoms with E-state index in [1.54, 1.807) is 24.3 Å². The van der Waals surface area contributed by atoms with Crippen LogP contribution in [0.1, 0.15) is 5.56 Å². The van der Waals surface area contributed by atoms with Crippen LogP contribution in [0.4, 0.5) is 0 Å². The average molecular weight is 452 g/mol. The summed E-state index contributed by atoms with van der Waals surface area (Å²) in [5.41, 5.74) is 0.457. The first-order chi connectivity index (χ1) is 11.5. The maximum Gasteiger partial charge on any atom is 0.276 e. The Morgan fingerprint density at radius 2 is 1.71 bits per heavy atom. The highest BCUT2D eigenvalue weighted by molar-refractivity contribution is 14.1. The number of phenols is 1. The Morgan fingerprint density at radius 1 is 1.00 bits per heavy atom. The van der Waals surface area contributed by atoms with Crippen LogP contribution in [0.15, 0.2) is 70.7 Å². The second-order valence-corrected chi connectivity index (χ2v) is 7.93. The van der Waals surface area contributed by atoms with Crippen molar-refractivity contribution in [3.8, 4) is 5.75 Å². The maximum atomic E-state index is 12.2. The van der Waals surface area contributed by atoms with Gasteiger partial charge >= 0.3 is 0 Å². The minimum atomic E-state index is -3.75. The van der Waals surface area contributed by atoms with Gasteiger partial charge in [-0.3, -0.25) is 0 Å². The van der Waals surface area contributed by atoms with Crippen LogP contribution in [0.2, 0.25) is 0 Å². The van der Waals surface area contributed by atoms with E-state index in [2.05, 4.69) is 32.5 Å². The summed E-state index contributed by atoms with van der Waals surface area (Å²) in [4.78, 5) is 2.29. The molecule has 0 aliphatic heterocycles. The molecule has 0 spiro atoms. The Kier molecular flexibility index (Phi) is 4.72. The molecule has 0 atom stereocenters. The van der Waals surface area contributed by atoms with E-state index in [9.17, 15) is 13.5 Å². The Balaban J connectivity index is 1.89. The van der Waals surface area contributed by atoms with Gasteiger partial charge in [-0.2, -0.15) is 13.5 Å². The highest BCUT2D eigenvalue weighted by Crippen LogP contribution is 2.25. The quantitative estimate of drug-likeness (QED) is 0.362. The number of nitrogens with zero attached hydrogens (tertiary/aromatic N) is 1. The number of sulfonamides is 1. The van der Waals surface area contributed by atoms with Crippen LogP contribution >= 0.6 is 22.6 Å². The van der Waals surface area contributed by atoms with Crippen LogP contribution in [-0.2, 0) is 10.0 Å². The van der Waals surface area contributed by atoms with E-state index in [0.29, 0.717) is 5.56 Å². The number of hydrogen-bond donors (Lipinski definition) is 2. The summed E-state index contributed by atoms with van der Waals surface area (Å²) < 4.78 is 25.3. The van der Waals surface area contributed by atoms with Gasteiger partial charge in [-0.1, -0.05) is 30.3 Å². The first-order valence-corrected chi connectivity index (χ1v) is 9.55. The Bertz CT molecular complexity index is 1020. The zero-order chi connectivity index (χ0) is 17.2. The zero-order valence-corrected chi connectivity index (χ0v) is 15.3. The van der Waals surface area contributed by atoms with Crippen molar-refractivity contribution in [2.45, 2.75) is 4.90 Å². The lowest BCUT2D eigenvalue weighted by Gasteiger charge is -2.06. The normalized spacial score (nSPS) is 11.9. The van der Waals surface area contributed by atoms with Crippen molar-refractivity contribution in [1.82, 2.24) is 4.83 Å². The van der Waals surface area contributed by atoms with E-state index in [1.165, 1.54) is 18.3 Å². The number of phenolic OH excluding ortho intramolecular Hbond substituents is 1. The fraction of sp³-hybridized carbons (Fsp3) is 0. The number of benzene rings is 3. The standard InChI is InChI=1S/C17H13IN2O3S/c18-13-6-8-14(9-7-13)24(22,23)20-19-11-16-15-4-2-1-3-12(15)5-10-17(16)21/h1-11,20-21H/b19-11+. The molecule has 122 valence electrons. The number of rotatable bonds is 4. The fourth-order valence-corrected chi connectivity index (χ4v) is 3.40. The minimum Gasteiger partial charge on any atom is -0.507 e. The maximum absolute atomic E-state index is 12.2. The van der Waals surface area contributed by atoms with Gasteiger partial charge in [0, 0.05) is 9.13 Å². The van der Waals surface area contributed by atoms with E-state index >= 15 is 0 Å². The lowest BCUT2D eigenvalue weighted by molar-refractivity contribution is 0.475. The number of hydrogen-bond acceptors (Lipinski definition) is 4. The number of halogens is 1. The summed E-state index contributed by atoms with van der Waals surface area (Å²) in [6, 6.07) is 17.2. The van der Waals surface area contributed by atoms with Gasteiger partial charge in [0.15, 0.2) is 0 Å². The van der Waals surface area contributed by atoms with Gasteiger partial charge in [-0.15, -0.1) is 0 Å². The molecule has 0 saturated heterocycles. The van der Waals surface area contributed by atoms with E-state index in [4.69, 9.17) is 0 Å². The Morgan fingerprint density at radius 3 is 2.46 bits per heavy atom. The third-order valence-corrected chi connectivity index (χ3v) is 5.40. The molecule has 3 aromatic carbocycles. The summed E-state index contributed by atoms with van der Waals surface area (Å²) in [6.07, 6.45) is 1.31. The molecule has 24 heavy (non-hydrogen) atoms. The molecule has 0 radical (unpaired) electrons. The molecule has 0 aromatic heterocycles. The smallest absolute Gasteiger partial charge is 0.276 e. The molecule has 0 fully saturated rings. The van der Waals surface area contributed by atoms with E-state index in [1.807, 2.05) is 24.3 Å². The summed E-state index contributed by atoms with van der Waals surface area (Å²) >= 11 is 2.10. The Labute approximate surface area is 153 Å². The molecule has 0 saturated carbocycles. The van der Waals surface area contributed by atoms with Crippen LogP contribution < -0.4 is 4.83 Å². The second-order valence-electron chi connectivity index (χ2n) is 5.03. The molecule has 7 heteroatoms. The minimum absolute atomic E-state index is 0.0333. The molecule has 2 N–H and O–H groups in total. The summed E-state index contributed by atoms with van der Waals surface area (Å²) in [6.45, 7) is 0. The molecule has 0 bridgehead atoms. The molecular formula is C17H13IN2O3S. The van der Waals surface area contributed by atoms with Crippen molar-refractivity contribution < 1.29 is 13.5 Å². The Hall–Kier alpha value is -2.13. The van der Waals surface area contributed by atoms with Crippen LogP contribution in [0.25, 0.3) is 10.8 Å². The average Bonchev–Trinajstić information content (AvgIpc) is 2.57. The van der Waals surface area contributed by atoms with Crippen LogP contribution in [0.3, 0.4) is 0 Å². The van der Waals surface area contributed by atoms with Gasteiger partial charge in [0.1, 0.15) is 5.75 Å². The molecule has 0 aliphatic rings. The molecule has 0 heterocycles. The molecule has 0 aliphatic carbocycles. The summed E-state index contributed by atoms with van der Waals surface area (Å²) in [5.74, 6) is 0.0333. The number of fused-ring (bicyclic) bond motifs is 1. The van der Waals surface area contributed by atoms with Gasteiger partial charge in [0.2, 0.25) is 0 Å². The van der Waals surface area contributed by atoms with Crippen molar-refractivity contribution >= 4 is 49.6 Å². The first-order valence-electron chi connectivity index (χ1n) is 6.98. The number of nitrogens with one attached hydrogen (secondary N) is 1. The van der Waals surface area contributed by atoms with Crippen molar-refractivity contribution in [1.29, 1.82) is 0 Å². The lowest BCUT2D eigenvalue weighted by atomic mass is 10.0. The molecule has 0 unspecified atom stereocenters. The summed E-state index contributed by atoms with van der Waals surface area (Å²) in [7, 11) is -3.75. The van der Waals surface area contributed by atoms with E-state index in [-0.39, 0.29) is 10.6 Å². The van der Waals surface area contributed by atoms with Gasteiger partial charge in [-0.25, -0.2) is 4.83 Å². The molecule has 0 amide bonds. The van der Waals surface area contributed by atoms with Gasteiger partial charge in [-0.05, 0) is 63.7 Å². The van der Waals surface area contributed by atoms with Gasteiger partial charge < -0.3 is 5.11 Å². The molecule has 3 aromatic rings. The van der Waals surface area contributed by atoms with Crippen LogP contribution in [0.5, 0.6) is 5.75 Å². The summed E-state index contributed by atoms with van der Waals surface area (Å²) in [5, 5.41) is 15.5. The second kappa shape index (κ2) is 6.78. The third-order valence-electron chi connectivity index (χ3n) is 3.44. The highest BCUT2D eigenvalue weighted by Gasteiger charge is 2.12. The highest BCUT2D eigenvalue weighted by atomic mass is 127. The monoisotopic (exact) mass is 452 g/mol. The number of aromatic hydroxyl groups is 1. The first kappa shape index (κ1) is 16.7. The third kappa shape index (κ3) is 3.51. The molecular weight excluding hydrogens is 439 g/mol. The largest absolute Gasteiger partial charge is 0.507 e. The SMILES string of the molecule is O=S(=O)(N/N=C/c1c(O)ccc2ccccc12)c1ccc(I)cc1. The predicted molar refractivity (Wildman–Crippen MR) is 103 cm³/mol. The van der Waals surface area contributed by atoms with Gasteiger partial charge in [0.25, 0.3) is 10.0 Å². The van der Waals surface area contributed by atoms with Crippen molar-refractivity contribution in [3.05, 3.63) is 69.8 Å². The van der Waals surface area contributed by atoms with Crippen LogP contribution in [-0.4, -0.2) is 19.7 Å². The van der Waals surface area contributed by atoms with Gasteiger partial charge in [0.05, 0.1) is 11.1 Å². The van der Waals surface area contributed by atoms with Crippen molar-refractivity contribution in [2.24, 2.45) is 5.10 Å². The van der Waals surface area contributed by atoms with Crippen LogP contribution in [0, 0.1) is 3.57 Å². The lowest BCUT2D eigenvalue weighted by Crippen LogP contribution is -2.18. The van der Waals surface area contributed by atoms with E-state index in [0.717, 1.165) is 14.3 Å². The zero-order valence-electron chi connectivity index (χ0n) is 12.3. The molecule has 5 nitrogen and oxygen atoms in total. The van der Waals surface area contributed by atoms with E-state index < -0.39 is 10.0 Å². The fourth-order valence-electron chi connectivity index (χ4n) is 2.25. The molecule has 3 rings (SSSR count). The van der Waals surface area contributed by atoms with Crippen molar-refractivity contribution in [2.75, 3.05) is 0 Å². The number of hydrazone groups is 1. The predicted octanol–water partition coefficient (Wildman–Crippen LogP) is 3.46.